The highest BCUT2D eigenvalue weighted by Gasteiger charge is 2.48. The van der Waals surface area contributed by atoms with Crippen LogP contribution in [0.3, 0.4) is 0 Å². The van der Waals surface area contributed by atoms with Crippen LogP contribution in [0.1, 0.15) is 0 Å². The fourth-order valence-corrected chi connectivity index (χ4v) is 1.77. The average molecular weight is 219 g/mol. The number of ether oxygens (including phenoxy) is 2. The fraction of sp³-hybridized carbons (Fsp3) is 0.875. The third-order valence-corrected chi connectivity index (χ3v) is 2.62. The van der Waals surface area contributed by atoms with Gasteiger partial charge in [-0.1, -0.05) is 0 Å². The fourth-order valence-electron chi connectivity index (χ4n) is 1.77. The molecule has 15 heavy (non-hydrogen) atoms. The first-order chi connectivity index (χ1) is 7.15. The molecule has 2 saturated heterocycles. The van der Waals surface area contributed by atoms with Crippen LogP contribution in [-0.2, 0) is 9.47 Å². The van der Waals surface area contributed by atoms with Gasteiger partial charge in [-0.25, -0.2) is 4.79 Å². The lowest BCUT2D eigenvalue weighted by Gasteiger charge is -2.23. The summed E-state index contributed by atoms with van der Waals surface area (Å²) in [4.78, 5) is 12.4. The Bertz CT molecular complexity index is 260. The minimum absolute atomic E-state index is 0.241. The summed E-state index contributed by atoms with van der Waals surface area (Å²) < 4.78 is 9.85. The Morgan fingerprint density at radius 1 is 1.40 bits per heavy atom. The lowest BCUT2D eigenvalue weighted by atomic mass is 10.1. The summed E-state index contributed by atoms with van der Waals surface area (Å²) in [6.45, 7) is 0.147. The second kappa shape index (κ2) is 3.93. The first kappa shape index (κ1) is 10.6. The molecule has 2 heterocycles. The number of carbonyl (C=O) groups excluding carboxylic acids is 1. The second-order valence-electron chi connectivity index (χ2n) is 3.54. The van der Waals surface area contributed by atoms with Gasteiger partial charge in [0.15, 0.2) is 6.23 Å². The van der Waals surface area contributed by atoms with Crippen molar-refractivity contribution in [3.05, 3.63) is 0 Å². The normalized spacial score (nSPS) is 41.0. The number of aliphatic hydroxyl groups excluding tert-OH is 3. The summed E-state index contributed by atoms with van der Waals surface area (Å²) in [5, 5.41) is 27.9. The van der Waals surface area contributed by atoms with Crippen LogP contribution in [-0.4, -0.2) is 70.6 Å². The molecule has 0 aromatic heterocycles. The van der Waals surface area contributed by atoms with Crippen molar-refractivity contribution in [3.8, 4) is 0 Å². The van der Waals surface area contributed by atoms with Crippen LogP contribution in [0.25, 0.3) is 0 Å². The number of aliphatic hydroxyl groups is 3. The zero-order chi connectivity index (χ0) is 11.0. The van der Waals surface area contributed by atoms with Crippen LogP contribution in [0.5, 0.6) is 0 Å². The highest BCUT2D eigenvalue weighted by molar-refractivity contribution is 5.69. The molecule has 0 saturated carbocycles. The second-order valence-corrected chi connectivity index (χ2v) is 3.54. The van der Waals surface area contributed by atoms with E-state index in [1.807, 2.05) is 0 Å². The zero-order valence-electron chi connectivity index (χ0n) is 7.94. The third-order valence-electron chi connectivity index (χ3n) is 2.62. The highest BCUT2D eigenvalue weighted by atomic mass is 16.6. The number of nitrogens with zero attached hydrogens (tertiary/aromatic N) is 1. The molecule has 7 nitrogen and oxygen atoms in total. The topological polar surface area (TPSA) is 99.5 Å². The van der Waals surface area contributed by atoms with Gasteiger partial charge in [-0.2, -0.15) is 0 Å². The number of rotatable bonds is 2. The number of carbonyl (C=O) groups is 1. The maximum absolute atomic E-state index is 11.2. The average Bonchev–Trinajstić information content (AvgIpc) is 2.74. The summed E-state index contributed by atoms with van der Waals surface area (Å²) in [5.41, 5.74) is 0. The van der Waals surface area contributed by atoms with E-state index in [0.717, 1.165) is 0 Å². The van der Waals surface area contributed by atoms with E-state index < -0.39 is 37.2 Å². The smallest absolute Gasteiger partial charge is 0.412 e. The summed E-state index contributed by atoms with van der Waals surface area (Å²) in [7, 11) is 0. The molecular weight excluding hydrogens is 206 g/mol. The molecule has 0 aromatic rings. The van der Waals surface area contributed by atoms with Gasteiger partial charge in [0, 0.05) is 0 Å². The van der Waals surface area contributed by atoms with Crippen LogP contribution in [0.2, 0.25) is 0 Å². The molecule has 7 heteroatoms. The molecule has 86 valence electrons. The molecule has 2 rings (SSSR count). The van der Waals surface area contributed by atoms with Crippen molar-refractivity contribution in [2.24, 2.45) is 0 Å². The molecule has 3 N–H and O–H groups in total. The van der Waals surface area contributed by atoms with Gasteiger partial charge in [-0.3, -0.25) is 4.90 Å². The molecular formula is C8H13NO6. The van der Waals surface area contributed by atoms with Gasteiger partial charge in [0.05, 0.1) is 13.2 Å². The van der Waals surface area contributed by atoms with Crippen molar-refractivity contribution in [2.45, 2.75) is 24.5 Å². The Balaban J connectivity index is 2.07. The van der Waals surface area contributed by atoms with Gasteiger partial charge in [0.2, 0.25) is 0 Å². The van der Waals surface area contributed by atoms with Gasteiger partial charge in [0.1, 0.15) is 24.9 Å². The molecule has 0 spiro atoms. The minimum Gasteiger partial charge on any atom is -0.447 e. The lowest BCUT2D eigenvalue weighted by molar-refractivity contribution is -0.0751. The number of hydrogen-bond donors (Lipinski definition) is 3. The lowest BCUT2D eigenvalue weighted by Crippen LogP contribution is -2.44. The third kappa shape index (κ3) is 1.67. The van der Waals surface area contributed by atoms with E-state index in [1.165, 1.54) is 4.90 Å². The summed E-state index contributed by atoms with van der Waals surface area (Å²) in [5.74, 6) is 0. The van der Waals surface area contributed by atoms with Crippen molar-refractivity contribution >= 4 is 6.09 Å². The highest BCUT2D eigenvalue weighted by Crippen LogP contribution is 2.25. The molecule has 1 unspecified atom stereocenters. The zero-order valence-corrected chi connectivity index (χ0v) is 7.94. The van der Waals surface area contributed by atoms with Gasteiger partial charge >= 0.3 is 6.09 Å². The van der Waals surface area contributed by atoms with Crippen LogP contribution in [0, 0.1) is 0 Å². The van der Waals surface area contributed by atoms with Crippen molar-refractivity contribution in [1.29, 1.82) is 0 Å². The maximum atomic E-state index is 11.2. The van der Waals surface area contributed by atoms with Gasteiger partial charge < -0.3 is 24.8 Å². The molecule has 0 aromatic carbocycles. The monoisotopic (exact) mass is 219 g/mol. The van der Waals surface area contributed by atoms with E-state index in [1.54, 1.807) is 0 Å². The summed E-state index contributed by atoms with van der Waals surface area (Å²) >= 11 is 0. The molecule has 4 atom stereocenters. The Kier molecular flexibility index (Phi) is 2.79. The quantitative estimate of drug-likeness (QED) is 0.491. The molecule has 2 fully saturated rings. The SMILES string of the molecule is O=C1OCCN1C1O[C@H](CO)[C@@H](O)[C@H]1O. The Labute approximate surface area is 85.8 Å². The summed E-state index contributed by atoms with van der Waals surface area (Å²) in [6, 6.07) is 0. The van der Waals surface area contributed by atoms with E-state index in [0.29, 0.717) is 6.54 Å². The van der Waals surface area contributed by atoms with Crippen molar-refractivity contribution in [2.75, 3.05) is 19.8 Å². The van der Waals surface area contributed by atoms with Crippen molar-refractivity contribution < 1.29 is 29.6 Å². The molecule has 2 aliphatic rings. The van der Waals surface area contributed by atoms with E-state index in [9.17, 15) is 15.0 Å². The maximum Gasteiger partial charge on any atom is 0.412 e. The van der Waals surface area contributed by atoms with Crippen LogP contribution < -0.4 is 0 Å². The van der Waals surface area contributed by atoms with Crippen LogP contribution in [0.15, 0.2) is 0 Å². The van der Waals surface area contributed by atoms with E-state index >= 15 is 0 Å². The van der Waals surface area contributed by atoms with Crippen molar-refractivity contribution in [3.63, 3.8) is 0 Å². The Hall–Kier alpha value is -0.890. The largest absolute Gasteiger partial charge is 0.447 e. The van der Waals surface area contributed by atoms with E-state index in [2.05, 4.69) is 4.74 Å². The van der Waals surface area contributed by atoms with E-state index in [4.69, 9.17) is 9.84 Å². The molecule has 2 aliphatic heterocycles. The summed E-state index contributed by atoms with van der Waals surface area (Å²) in [6.07, 6.45) is -4.78. The number of cyclic esters (lactones) is 1. The van der Waals surface area contributed by atoms with Crippen LogP contribution in [0.4, 0.5) is 4.79 Å². The van der Waals surface area contributed by atoms with Gasteiger partial charge in [0.25, 0.3) is 0 Å². The first-order valence-electron chi connectivity index (χ1n) is 4.71. The van der Waals surface area contributed by atoms with Crippen molar-refractivity contribution in [1.82, 2.24) is 4.90 Å². The molecule has 0 bridgehead atoms. The van der Waals surface area contributed by atoms with Gasteiger partial charge in [-0.05, 0) is 0 Å². The van der Waals surface area contributed by atoms with E-state index in [-0.39, 0.29) is 6.61 Å². The standard InChI is InChI=1S/C8H13NO6/c10-3-4-5(11)6(12)7(15-4)9-1-2-14-8(9)13/h4-7,10-12H,1-3H2/t4-,5-,6-,7?/m1/s1. The van der Waals surface area contributed by atoms with Gasteiger partial charge in [-0.15, -0.1) is 0 Å². The Morgan fingerprint density at radius 3 is 2.60 bits per heavy atom. The first-order valence-corrected chi connectivity index (χ1v) is 4.71. The number of hydrogen-bond acceptors (Lipinski definition) is 6. The molecule has 1 amide bonds. The molecule has 0 radical (unpaired) electrons. The Morgan fingerprint density at radius 2 is 2.13 bits per heavy atom. The minimum atomic E-state index is -1.22. The predicted molar refractivity (Wildman–Crippen MR) is 45.8 cm³/mol. The molecule has 0 aliphatic carbocycles. The number of amides is 1. The van der Waals surface area contributed by atoms with Crippen LogP contribution >= 0.6 is 0 Å². The predicted octanol–water partition coefficient (Wildman–Crippen LogP) is -2.12.